The molecule has 0 saturated carbocycles. The zero-order valence-electron chi connectivity index (χ0n) is 11.5. The summed E-state index contributed by atoms with van der Waals surface area (Å²) in [6.45, 7) is 0.436. The molecule has 0 bridgehead atoms. The van der Waals surface area contributed by atoms with Crippen LogP contribution >= 0.6 is 11.6 Å². The standard InChI is InChI=1S/C16H11ClN4O/c17-11-3-4-13-12(6-11)14-15(20-13)16(22)21(9-19-14)8-10-2-1-5-18-7-10/h1-7,9,20H,8H2. The van der Waals surface area contributed by atoms with Crippen molar-refractivity contribution in [2.45, 2.75) is 6.54 Å². The highest BCUT2D eigenvalue weighted by atomic mass is 35.5. The Hall–Kier alpha value is -2.66. The van der Waals surface area contributed by atoms with E-state index in [1.165, 1.54) is 0 Å². The first kappa shape index (κ1) is 13.0. The molecule has 0 aliphatic carbocycles. The van der Waals surface area contributed by atoms with E-state index in [4.69, 9.17) is 11.6 Å². The number of hydrogen-bond donors (Lipinski definition) is 1. The summed E-state index contributed by atoms with van der Waals surface area (Å²) >= 11 is 6.02. The first-order valence-corrected chi connectivity index (χ1v) is 7.15. The molecule has 1 aromatic carbocycles. The summed E-state index contributed by atoms with van der Waals surface area (Å²) in [5.74, 6) is 0. The first-order valence-electron chi connectivity index (χ1n) is 6.77. The first-order chi connectivity index (χ1) is 10.7. The van der Waals surface area contributed by atoms with Gasteiger partial charge in [-0.1, -0.05) is 17.7 Å². The summed E-state index contributed by atoms with van der Waals surface area (Å²) < 4.78 is 1.57. The Bertz CT molecular complexity index is 1040. The van der Waals surface area contributed by atoms with Crippen molar-refractivity contribution in [1.82, 2.24) is 19.5 Å². The second kappa shape index (κ2) is 4.96. The predicted molar refractivity (Wildman–Crippen MR) is 86.2 cm³/mol. The van der Waals surface area contributed by atoms with E-state index < -0.39 is 0 Å². The van der Waals surface area contributed by atoms with Crippen molar-refractivity contribution in [2.75, 3.05) is 0 Å². The number of benzene rings is 1. The molecule has 4 aromatic rings. The molecule has 0 atom stereocenters. The maximum Gasteiger partial charge on any atom is 0.277 e. The summed E-state index contributed by atoms with van der Waals surface area (Å²) in [5, 5.41) is 1.47. The average molecular weight is 311 g/mol. The van der Waals surface area contributed by atoms with E-state index in [1.807, 2.05) is 24.3 Å². The van der Waals surface area contributed by atoms with Crippen LogP contribution in [-0.2, 0) is 6.54 Å². The van der Waals surface area contributed by atoms with Crippen molar-refractivity contribution >= 4 is 33.5 Å². The van der Waals surface area contributed by atoms with Crippen molar-refractivity contribution in [1.29, 1.82) is 0 Å². The Morgan fingerprint density at radius 3 is 3.00 bits per heavy atom. The minimum Gasteiger partial charge on any atom is -0.349 e. The molecule has 5 nitrogen and oxygen atoms in total. The lowest BCUT2D eigenvalue weighted by Crippen LogP contribution is -2.21. The minimum atomic E-state index is -0.110. The van der Waals surface area contributed by atoms with Crippen molar-refractivity contribution in [3.05, 3.63) is 70.0 Å². The van der Waals surface area contributed by atoms with Crippen LogP contribution in [-0.4, -0.2) is 19.5 Å². The van der Waals surface area contributed by atoms with Crippen LogP contribution in [0, 0.1) is 0 Å². The number of nitrogens with one attached hydrogen (secondary N) is 1. The molecule has 1 N–H and O–H groups in total. The van der Waals surface area contributed by atoms with Gasteiger partial charge in [-0.2, -0.15) is 0 Å². The summed E-state index contributed by atoms with van der Waals surface area (Å²) in [4.78, 5) is 24.2. The number of fused-ring (bicyclic) bond motifs is 3. The van der Waals surface area contributed by atoms with E-state index in [2.05, 4.69) is 15.0 Å². The van der Waals surface area contributed by atoms with Gasteiger partial charge in [-0.05, 0) is 29.8 Å². The molecule has 22 heavy (non-hydrogen) atoms. The molecule has 0 fully saturated rings. The molecule has 3 aromatic heterocycles. The third-order valence-electron chi connectivity index (χ3n) is 3.61. The zero-order chi connectivity index (χ0) is 15.1. The third-order valence-corrected chi connectivity index (χ3v) is 3.84. The highest BCUT2D eigenvalue weighted by molar-refractivity contribution is 6.31. The summed E-state index contributed by atoms with van der Waals surface area (Å²) in [5.41, 5.74) is 2.82. The van der Waals surface area contributed by atoms with Gasteiger partial charge in [0.2, 0.25) is 0 Å². The largest absolute Gasteiger partial charge is 0.349 e. The lowest BCUT2D eigenvalue weighted by molar-refractivity contribution is 0.744. The lowest BCUT2D eigenvalue weighted by atomic mass is 10.2. The van der Waals surface area contributed by atoms with Gasteiger partial charge in [0.1, 0.15) is 11.0 Å². The Labute approximate surface area is 130 Å². The Morgan fingerprint density at radius 1 is 1.27 bits per heavy atom. The summed E-state index contributed by atoms with van der Waals surface area (Å²) in [6, 6.07) is 9.22. The van der Waals surface area contributed by atoms with Crippen LogP contribution in [0.3, 0.4) is 0 Å². The fraction of sp³-hybridized carbons (Fsp3) is 0.0625. The number of nitrogens with zero attached hydrogens (tertiary/aromatic N) is 3. The van der Waals surface area contributed by atoms with E-state index in [9.17, 15) is 4.79 Å². The number of aromatic nitrogens is 4. The number of hydrogen-bond acceptors (Lipinski definition) is 3. The summed E-state index contributed by atoms with van der Waals surface area (Å²) in [7, 11) is 0. The molecule has 0 spiro atoms. The molecule has 0 aliphatic rings. The maximum absolute atomic E-state index is 12.6. The van der Waals surface area contributed by atoms with Crippen molar-refractivity contribution in [3.8, 4) is 0 Å². The van der Waals surface area contributed by atoms with Crippen LogP contribution in [0.25, 0.3) is 21.9 Å². The zero-order valence-corrected chi connectivity index (χ0v) is 12.2. The number of halogens is 1. The average Bonchev–Trinajstić information content (AvgIpc) is 2.90. The van der Waals surface area contributed by atoms with Crippen molar-refractivity contribution in [2.24, 2.45) is 0 Å². The van der Waals surface area contributed by atoms with Gasteiger partial charge in [0.25, 0.3) is 5.56 Å². The SMILES string of the molecule is O=c1c2[nH]c3ccc(Cl)cc3c2ncn1Cc1cccnc1. The molecule has 6 heteroatoms. The molecular weight excluding hydrogens is 300 g/mol. The molecule has 0 saturated heterocycles. The Kier molecular flexibility index (Phi) is 2.94. The van der Waals surface area contributed by atoms with Crippen LogP contribution < -0.4 is 5.56 Å². The van der Waals surface area contributed by atoms with Gasteiger partial charge in [-0.25, -0.2) is 4.98 Å². The molecule has 0 aliphatic heterocycles. The predicted octanol–water partition coefficient (Wildman–Crippen LogP) is 2.97. The number of pyridine rings is 1. The quantitative estimate of drug-likeness (QED) is 0.619. The number of H-pyrrole nitrogens is 1. The normalized spacial score (nSPS) is 11.3. The van der Waals surface area contributed by atoms with Gasteiger partial charge in [0.05, 0.1) is 12.9 Å². The fourth-order valence-electron chi connectivity index (χ4n) is 2.56. The van der Waals surface area contributed by atoms with Crippen molar-refractivity contribution in [3.63, 3.8) is 0 Å². The molecular formula is C16H11ClN4O. The van der Waals surface area contributed by atoms with Gasteiger partial charge < -0.3 is 4.98 Å². The Morgan fingerprint density at radius 2 is 2.18 bits per heavy atom. The van der Waals surface area contributed by atoms with E-state index in [0.29, 0.717) is 22.6 Å². The molecule has 108 valence electrons. The molecule has 0 amide bonds. The number of rotatable bonds is 2. The second-order valence-electron chi connectivity index (χ2n) is 5.08. The smallest absolute Gasteiger partial charge is 0.277 e. The van der Waals surface area contributed by atoms with Crippen LogP contribution in [0.4, 0.5) is 0 Å². The van der Waals surface area contributed by atoms with E-state index >= 15 is 0 Å². The minimum absolute atomic E-state index is 0.110. The topological polar surface area (TPSA) is 63.6 Å². The van der Waals surface area contributed by atoms with Gasteiger partial charge in [-0.15, -0.1) is 0 Å². The molecule has 0 radical (unpaired) electrons. The van der Waals surface area contributed by atoms with Crippen LogP contribution in [0.2, 0.25) is 5.02 Å². The van der Waals surface area contributed by atoms with E-state index in [0.717, 1.165) is 16.5 Å². The van der Waals surface area contributed by atoms with E-state index in [1.54, 1.807) is 29.4 Å². The Balaban J connectivity index is 1.90. The lowest BCUT2D eigenvalue weighted by Gasteiger charge is -2.04. The van der Waals surface area contributed by atoms with Gasteiger partial charge in [0, 0.05) is 28.3 Å². The van der Waals surface area contributed by atoms with Crippen LogP contribution in [0.1, 0.15) is 5.56 Å². The number of aromatic amines is 1. The van der Waals surface area contributed by atoms with Gasteiger partial charge >= 0.3 is 0 Å². The van der Waals surface area contributed by atoms with Crippen molar-refractivity contribution < 1.29 is 0 Å². The van der Waals surface area contributed by atoms with Gasteiger partial charge in [0.15, 0.2) is 0 Å². The highest BCUT2D eigenvalue weighted by Gasteiger charge is 2.11. The molecule has 3 heterocycles. The maximum atomic E-state index is 12.6. The fourth-order valence-corrected chi connectivity index (χ4v) is 2.74. The van der Waals surface area contributed by atoms with Crippen LogP contribution in [0.15, 0.2) is 53.8 Å². The second-order valence-corrected chi connectivity index (χ2v) is 5.51. The molecule has 4 rings (SSSR count). The monoisotopic (exact) mass is 310 g/mol. The third kappa shape index (κ3) is 2.07. The highest BCUT2D eigenvalue weighted by Crippen LogP contribution is 2.24. The van der Waals surface area contributed by atoms with E-state index in [-0.39, 0.29) is 5.56 Å². The van der Waals surface area contributed by atoms with Gasteiger partial charge in [-0.3, -0.25) is 14.3 Å². The van der Waals surface area contributed by atoms with Crippen LogP contribution in [0.5, 0.6) is 0 Å². The molecule has 0 unspecified atom stereocenters. The summed E-state index contributed by atoms with van der Waals surface area (Å²) in [6.07, 6.45) is 5.00.